The molecule has 0 radical (unpaired) electrons. The first kappa shape index (κ1) is 20.7. The Morgan fingerprint density at radius 2 is 1.83 bits per heavy atom. The van der Waals surface area contributed by atoms with Gasteiger partial charge < -0.3 is 10.2 Å². The molecule has 1 heterocycles. The number of nitrogens with one attached hydrogen (secondary N) is 2. The molecule has 30 heavy (non-hydrogen) atoms. The van der Waals surface area contributed by atoms with E-state index in [2.05, 4.69) is 10.6 Å². The lowest BCUT2D eigenvalue weighted by molar-refractivity contribution is -0.141. The highest BCUT2D eigenvalue weighted by atomic mass is 19.4. The molecule has 1 atom stereocenters. The maximum atomic E-state index is 13.3. The number of halogens is 3. The third kappa shape index (κ3) is 3.77. The molecule has 6 nitrogen and oxygen atoms in total. The number of hydrogen-bond acceptors (Lipinski definition) is 3. The fourth-order valence-electron chi connectivity index (χ4n) is 4.62. The van der Waals surface area contributed by atoms with Crippen LogP contribution in [0, 0.1) is 5.92 Å². The van der Waals surface area contributed by atoms with Crippen LogP contribution in [-0.4, -0.2) is 34.3 Å². The van der Waals surface area contributed by atoms with Crippen molar-refractivity contribution in [3.63, 3.8) is 0 Å². The zero-order valence-corrected chi connectivity index (χ0v) is 16.6. The number of benzene rings is 1. The molecule has 0 aromatic heterocycles. The molecule has 4 amide bonds. The molecule has 3 fully saturated rings. The first-order chi connectivity index (χ1) is 14.1. The quantitative estimate of drug-likeness (QED) is 0.728. The largest absolute Gasteiger partial charge is 0.416 e. The standard InChI is InChI=1S/C21H24F3N3O3/c1-12(14-3-2-4-15(11-14)21(22,23)24)27(16-5-6-16)17(28)13-7-9-20(10-8-13)18(29)25-19(30)26-20/h2-4,11-13,16H,5-10H2,1H3,(H2,25,26,29,30). The molecule has 1 spiro atoms. The maximum Gasteiger partial charge on any atom is 0.416 e. The minimum atomic E-state index is -4.44. The van der Waals surface area contributed by atoms with Crippen LogP contribution >= 0.6 is 0 Å². The second-order valence-corrected chi connectivity index (χ2v) is 8.54. The summed E-state index contributed by atoms with van der Waals surface area (Å²) in [6.07, 6.45) is -1.12. The summed E-state index contributed by atoms with van der Waals surface area (Å²) in [6.45, 7) is 1.76. The third-order valence-corrected chi connectivity index (χ3v) is 6.51. The number of imide groups is 1. The molecule has 1 aromatic rings. The number of alkyl halides is 3. The highest BCUT2D eigenvalue weighted by Gasteiger charge is 2.50. The van der Waals surface area contributed by atoms with E-state index in [1.807, 2.05) is 0 Å². The summed E-state index contributed by atoms with van der Waals surface area (Å²) in [4.78, 5) is 38.7. The van der Waals surface area contributed by atoms with E-state index >= 15 is 0 Å². The average Bonchev–Trinajstić information content (AvgIpc) is 3.48. The Labute approximate surface area is 172 Å². The second-order valence-electron chi connectivity index (χ2n) is 8.54. The van der Waals surface area contributed by atoms with Crippen LogP contribution in [0.25, 0.3) is 0 Å². The number of amides is 4. The lowest BCUT2D eigenvalue weighted by Gasteiger charge is -2.38. The summed E-state index contributed by atoms with van der Waals surface area (Å²) in [5, 5.41) is 4.93. The van der Waals surface area contributed by atoms with Gasteiger partial charge in [-0.25, -0.2) is 4.79 Å². The van der Waals surface area contributed by atoms with Crippen LogP contribution in [0.3, 0.4) is 0 Å². The van der Waals surface area contributed by atoms with Gasteiger partial charge in [-0.15, -0.1) is 0 Å². The van der Waals surface area contributed by atoms with Crippen molar-refractivity contribution in [2.45, 2.75) is 69.2 Å². The minimum Gasteiger partial charge on any atom is -0.333 e. The van der Waals surface area contributed by atoms with Crippen LogP contribution in [-0.2, 0) is 15.8 Å². The van der Waals surface area contributed by atoms with Gasteiger partial charge in [0.1, 0.15) is 5.54 Å². The molecular weight excluding hydrogens is 399 g/mol. The average molecular weight is 423 g/mol. The molecule has 1 aromatic carbocycles. The normalized spacial score (nSPS) is 27.5. The molecule has 2 N–H and O–H groups in total. The van der Waals surface area contributed by atoms with Gasteiger partial charge in [0.15, 0.2) is 0 Å². The Bertz CT molecular complexity index is 874. The number of hydrogen-bond donors (Lipinski definition) is 2. The zero-order valence-electron chi connectivity index (χ0n) is 16.6. The van der Waals surface area contributed by atoms with Crippen molar-refractivity contribution >= 4 is 17.8 Å². The lowest BCUT2D eigenvalue weighted by atomic mass is 9.76. The van der Waals surface area contributed by atoms with Crippen LogP contribution in [0.4, 0.5) is 18.0 Å². The lowest BCUT2D eigenvalue weighted by Crippen LogP contribution is -2.51. The van der Waals surface area contributed by atoms with E-state index < -0.39 is 29.4 Å². The first-order valence-corrected chi connectivity index (χ1v) is 10.2. The van der Waals surface area contributed by atoms with Gasteiger partial charge in [0, 0.05) is 12.0 Å². The van der Waals surface area contributed by atoms with Gasteiger partial charge in [0.25, 0.3) is 5.91 Å². The molecule has 2 saturated carbocycles. The summed E-state index contributed by atoms with van der Waals surface area (Å²) < 4.78 is 39.3. The number of rotatable bonds is 4. The van der Waals surface area contributed by atoms with Crippen LogP contribution in [0.5, 0.6) is 0 Å². The Morgan fingerprint density at radius 3 is 2.37 bits per heavy atom. The van der Waals surface area contributed by atoms with Gasteiger partial charge in [0.2, 0.25) is 5.91 Å². The van der Waals surface area contributed by atoms with Gasteiger partial charge in [-0.3, -0.25) is 14.9 Å². The minimum absolute atomic E-state index is 0.0346. The van der Waals surface area contributed by atoms with E-state index in [9.17, 15) is 27.6 Å². The van der Waals surface area contributed by atoms with Gasteiger partial charge in [0.05, 0.1) is 11.6 Å². The highest BCUT2D eigenvalue weighted by molar-refractivity contribution is 6.07. The predicted molar refractivity (Wildman–Crippen MR) is 101 cm³/mol. The van der Waals surface area contributed by atoms with Crippen molar-refractivity contribution in [2.24, 2.45) is 5.92 Å². The van der Waals surface area contributed by atoms with Crippen molar-refractivity contribution in [3.8, 4) is 0 Å². The van der Waals surface area contributed by atoms with Gasteiger partial charge in [-0.2, -0.15) is 13.2 Å². The van der Waals surface area contributed by atoms with Crippen LogP contribution in [0.2, 0.25) is 0 Å². The van der Waals surface area contributed by atoms with Crippen molar-refractivity contribution in [3.05, 3.63) is 35.4 Å². The van der Waals surface area contributed by atoms with Gasteiger partial charge >= 0.3 is 12.2 Å². The smallest absolute Gasteiger partial charge is 0.333 e. The highest BCUT2D eigenvalue weighted by Crippen LogP contribution is 2.41. The van der Waals surface area contributed by atoms with Crippen LogP contribution < -0.4 is 10.6 Å². The predicted octanol–water partition coefficient (Wildman–Crippen LogP) is 3.53. The molecule has 2 aliphatic carbocycles. The number of urea groups is 1. The number of carbonyl (C=O) groups is 3. The van der Waals surface area contributed by atoms with Crippen molar-refractivity contribution in [2.75, 3.05) is 0 Å². The summed E-state index contributed by atoms with van der Waals surface area (Å²) in [7, 11) is 0. The monoisotopic (exact) mass is 423 g/mol. The van der Waals surface area contributed by atoms with Crippen molar-refractivity contribution in [1.29, 1.82) is 0 Å². The summed E-state index contributed by atoms with van der Waals surface area (Å²) in [5.41, 5.74) is -1.21. The molecule has 4 rings (SSSR count). The zero-order chi connectivity index (χ0) is 21.7. The summed E-state index contributed by atoms with van der Waals surface area (Å²) in [6, 6.07) is 4.18. The Balaban J connectivity index is 1.49. The number of nitrogens with zero attached hydrogens (tertiary/aromatic N) is 1. The van der Waals surface area contributed by atoms with E-state index in [0.717, 1.165) is 25.0 Å². The number of carbonyl (C=O) groups excluding carboxylic acids is 3. The Kier molecular flexibility index (Phi) is 5.02. The van der Waals surface area contributed by atoms with Crippen molar-refractivity contribution in [1.82, 2.24) is 15.5 Å². The molecule has 9 heteroatoms. The molecule has 162 valence electrons. The van der Waals surface area contributed by atoms with Gasteiger partial charge in [-0.1, -0.05) is 12.1 Å². The fourth-order valence-corrected chi connectivity index (χ4v) is 4.62. The summed E-state index contributed by atoms with van der Waals surface area (Å²) in [5.74, 6) is -0.744. The maximum absolute atomic E-state index is 13.3. The van der Waals surface area contributed by atoms with E-state index in [-0.39, 0.29) is 23.8 Å². The van der Waals surface area contributed by atoms with Gasteiger partial charge in [-0.05, 0) is 63.1 Å². The third-order valence-electron chi connectivity index (χ3n) is 6.51. The SMILES string of the molecule is CC(c1cccc(C(F)(F)F)c1)N(C(=O)C1CCC2(CC1)NC(=O)NC2=O)C1CC1. The summed E-state index contributed by atoms with van der Waals surface area (Å²) >= 11 is 0. The topological polar surface area (TPSA) is 78.5 Å². The molecule has 1 unspecified atom stereocenters. The molecule has 0 bridgehead atoms. The van der Waals surface area contributed by atoms with Crippen LogP contribution in [0.1, 0.15) is 62.6 Å². The molecular formula is C21H24F3N3O3. The van der Waals surface area contributed by atoms with E-state index in [1.165, 1.54) is 6.07 Å². The van der Waals surface area contributed by atoms with E-state index in [0.29, 0.717) is 31.2 Å². The first-order valence-electron chi connectivity index (χ1n) is 10.2. The molecule has 1 saturated heterocycles. The second kappa shape index (κ2) is 7.28. The fraction of sp³-hybridized carbons (Fsp3) is 0.571. The van der Waals surface area contributed by atoms with E-state index in [1.54, 1.807) is 17.9 Å². The Hall–Kier alpha value is -2.58. The Morgan fingerprint density at radius 1 is 1.17 bits per heavy atom. The molecule has 3 aliphatic rings. The van der Waals surface area contributed by atoms with Crippen LogP contribution in [0.15, 0.2) is 24.3 Å². The van der Waals surface area contributed by atoms with Crippen molar-refractivity contribution < 1.29 is 27.6 Å². The molecule has 1 aliphatic heterocycles. The van der Waals surface area contributed by atoms with E-state index in [4.69, 9.17) is 0 Å².